The second-order valence-electron chi connectivity index (χ2n) is 10.8. The molecule has 0 spiro atoms. The monoisotopic (exact) mass is 931 g/mol. The molecule has 0 unspecified atom stereocenters. The molecule has 0 saturated carbocycles. The lowest BCUT2D eigenvalue weighted by molar-refractivity contribution is 0.874. The van der Waals surface area contributed by atoms with Crippen LogP contribution in [0.15, 0.2) is 50.6 Å². The highest BCUT2D eigenvalue weighted by Crippen LogP contribution is 2.41. The molecule has 0 aromatic heterocycles. The molecule has 251 valence electrons. The first kappa shape index (κ1) is 51.2. The van der Waals surface area contributed by atoms with Crippen LogP contribution in [0.25, 0.3) is 0 Å². The van der Waals surface area contributed by atoms with Crippen LogP contribution < -0.4 is 0 Å². The molecule has 0 aromatic rings. The molecule has 0 rings (SSSR count). The van der Waals surface area contributed by atoms with Crippen LogP contribution in [0.1, 0.15) is 25.7 Å². The summed E-state index contributed by atoms with van der Waals surface area (Å²) >= 11 is 73.2. The molecule has 0 amide bonds. The van der Waals surface area contributed by atoms with E-state index in [4.69, 9.17) is 133 Å². The van der Waals surface area contributed by atoms with Gasteiger partial charge in [0.05, 0.1) is 16.1 Å². The Morgan fingerprint density at radius 2 is 0.512 bits per heavy atom. The Morgan fingerprint density at radius 1 is 0.326 bits per heavy atom. The van der Waals surface area contributed by atoms with E-state index in [9.17, 15) is 0 Å². The molecular weight excluding hydrogens is 893 g/mol. The molecule has 0 aliphatic carbocycles. The Hall–Kier alpha value is 3.81. The van der Waals surface area contributed by atoms with E-state index in [-0.39, 0.29) is 8.41 Å². The number of halogens is 12. The van der Waals surface area contributed by atoms with Gasteiger partial charge in [0, 0.05) is 8.41 Å². The first-order valence-corrected chi connectivity index (χ1v) is 40.4. The minimum Gasteiger partial charge on any atom is -0.126 e. The first-order chi connectivity index (χ1) is 19.1. The number of allylic oxidation sites excluding steroid dienone is 4. The zero-order valence-corrected chi connectivity index (χ0v) is 39.6. The third kappa shape index (κ3) is 32.8. The molecule has 0 atom stereocenters. The Kier molecular flexibility index (Phi) is 30.6. The normalized spacial score (nSPS) is 12.9. The van der Waals surface area contributed by atoms with Crippen molar-refractivity contribution in [3.8, 4) is 0 Å². The van der Waals surface area contributed by atoms with Crippen molar-refractivity contribution >= 4 is 182 Å². The molecule has 0 N–H and O–H groups in total. The van der Waals surface area contributed by atoms with Gasteiger partial charge in [0.25, 0.3) is 0 Å². The van der Waals surface area contributed by atoms with Crippen molar-refractivity contribution in [1.29, 1.82) is 0 Å². The second kappa shape index (κ2) is 25.7. The van der Waals surface area contributed by atoms with Crippen LogP contribution in [0.2, 0.25) is 72.5 Å². The summed E-state index contributed by atoms with van der Waals surface area (Å²) < 4.78 is 0. The summed E-state index contributed by atoms with van der Waals surface area (Å²) in [4.78, 5) is 0. The van der Waals surface area contributed by atoms with E-state index in [1.54, 1.807) is 0 Å². The number of hydrogen-bond donors (Lipinski definition) is 0. The van der Waals surface area contributed by atoms with E-state index >= 15 is 0 Å². The average Bonchev–Trinajstić information content (AvgIpc) is 2.77. The van der Waals surface area contributed by atoms with Crippen molar-refractivity contribution in [3.63, 3.8) is 0 Å². The van der Waals surface area contributed by atoms with Crippen molar-refractivity contribution in [2.45, 2.75) is 98.2 Å². The zero-order chi connectivity index (χ0) is 33.1. The van der Waals surface area contributed by atoms with Crippen molar-refractivity contribution in [2.75, 3.05) is 0 Å². The average molecular weight is 937 g/mol. The Labute approximate surface area is 326 Å². The Balaban J connectivity index is -0.000000960. The van der Waals surface area contributed by atoms with Crippen LogP contribution in [0, 0.1) is 0 Å². The zero-order valence-electron chi connectivity index (χ0n) is 24.6. The number of hydrogen-bond acceptors (Lipinski definition) is 0. The van der Waals surface area contributed by atoms with Gasteiger partial charge in [-0.15, -0.1) is 159 Å². The van der Waals surface area contributed by atoms with Crippen molar-refractivity contribution in [2.24, 2.45) is 0 Å². The molecule has 0 bridgehead atoms. The minimum absolute atomic E-state index is 0. The van der Waals surface area contributed by atoms with Gasteiger partial charge in [0.2, 0.25) is 0 Å². The fourth-order valence-electron chi connectivity index (χ4n) is 5.13. The third-order valence-corrected chi connectivity index (χ3v) is 27.7. The Morgan fingerprint density at radius 3 is 0.651 bits per heavy atom. The maximum atomic E-state index is 6.10. The summed E-state index contributed by atoms with van der Waals surface area (Å²) in [5.41, 5.74) is 0. The highest BCUT2D eigenvalue weighted by molar-refractivity contribution is 7.66. The predicted molar refractivity (Wildman–Crippen MR) is 227 cm³/mol. The highest BCUT2D eigenvalue weighted by Gasteiger charge is 2.37. The van der Waals surface area contributed by atoms with Crippen LogP contribution in [0.3, 0.4) is 0 Å². The largest absolute Gasteiger partial charge is 0.341 e. The molecule has 0 aromatic carbocycles. The molecule has 0 aliphatic heterocycles. The lowest BCUT2D eigenvalue weighted by Gasteiger charge is -2.34. The van der Waals surface area contributed by atoms with Gasteiger partial charge in [-0.05, 0) is 48.4 Å². The molecule has 0 saturated heterocycles. The van der Waals surface area contributed by atoms with Gasteiger partial charge < -0.3 is 0 Å². The summed E-state index contributed by atoms with van der Waals surface area (Å²) in [7, 11) is -3.08. The molecular formula is C24H44BCl12Si6. The highest BCUT2D eigenvalue weighted by atomic mass is 35.9. The van der Waals surface area contributed by atoms with Gasteiger partial charge in [0.1, 0.15) is 0 Å². The van der Waals surface area contributed by atoms with Gasteiger partial charge in [-0.1, -0.05) is 74.2 Å². The number of rotatable bonds is 24. The van der Waals surface area contributed by atoms with Gasteiger partial charge >= 0.3 is 24.0 Å². The van der Waals surface area contributed by atoms with E-state index in [1.807, 2.05) is 24.3 Å². The van der Waals surface area contributed by atoms with Crippen LogP contribution in [-0.4, -0.2) is 48.6 Å². The lowest BCUT2D eigenvalue weighted by atomic mass is 10.5. The van der Waals surface area contributed by atoms with Crippen molar-refractivity contribution in [1.82, 2.24) is 0 Å². The first-order valence-electron chi connectivity index (χ1n) is 13.8. The molecule has 43 heavy (non-hydrogen) atoms. The van der Waals surface area contributed by atoms with Crippen molar-refractivity contribution < 1.29 is 0 Å². The molecule has 0 aliphatic rings. The summed E-state index contributed by atoms with van der Waals surface area (Å²) in [5, 5.41) is 0. The summed E-state index contributed by atoms with van der Waals surface area (Å²) in [6.45, 7) is 15.3. The predicted octanol–water partition coefficient (Wildman–Crippen LogP) is 15.4. The topological polar surface area (TPSA) is 0 Å². The van der Waals surface area contributed by atoms with E-state index < -0.39 is 40.2 Å². The summed E-state index contributed by atoms with van der Waals surface area (Å²) in [6.07, 6.45) is 11.6. The fourth-order valence-corrected chi connectivity index (χ4v) is 22.3. The van der Waals surface area contributed by atoms with Crippen LogP contribution in [0.4, 0.5) is 0 Å². The second-order valence-corrected chi connectivity index (χ2v) is 57.6. The molecule has 0 fully saturated rings. The van der Waals surface area contributed by atoms with Crippen LogP contribution >= 0.6 is 133 Å². The molecule has 3 radical (unpaired) electrons. The maximum absolute atomic E-state index is 6.10. The minimum atomic E-state index is -2.67. The van der Waals surface area contributed by atoms with Crippen LogP contribution in [0.5, 0.6) is 0 Å². The van der Waals surface area contributed by atoms with Crippen molar-refractivity contribution in [3.05, 3.63) is 50.6 Å². The van der Waals surface area contributed by atoms with Gasteiger partial charge in [0.15, 0.2) is 0 Å². The van der Waals surface area contributed by atoms with E-state index in [1.165, 1.54) is 0 Å². The van der Waals surface area contributed by atoms with E-state index in [2.05, 4.69) is 26.3 Å². The van der Waals surface area contributed by atoms with Gasteiger partial charge in [-0.25, -0.2) is 0 Å². The van der Waals surface area contributed by atoms with Gasteiger partial charge in [-0.3, -0.25) is 0 Å². The van der Waals surface area contributed by atoms with E-state index in [0.717, 1.165) is 74.0 Å². The van der Waals surface area contributed by atoms with Crippen LogP contribution in [-0.2, 0) is 0 Å². The molecule has 19 heteroatoms. The quantitative estimate of drug-likeness (QED) is 0.0514. The SMILES string of the molecule is C=CC[Si](CC=C)(CC=C)CC=C.Cl[Si](Cl)(Cl)CCC[Si](CCC[Si](Cl)(Cl)Cl)(CCC[Si](Cl)(Cl)Cl)CCC[Si](Cl)(Cl)Cl.[B]. The molecule has 0 heterocycles. The summed E-state index contributed by atoms with van der Waals surface area (Å²) in [6, 6.07) is 0.480. The van der Waals surface area contributed by atoms with Gasteiger partial charge in [-0.2, -0.15) is 0 Å². The third-order valence-electron chi connectivity index (χ3n) is 6.98. The standard InChI is InChI=1S/C12H24Cl12Si5.C12H20Si.B/c13-26(14,15)9-1-5-25(6-2-10-27(16,17)18,7-3-11-28(19,20)21)8-4-12-29(22,23)24;1-5-9-13(10-6-2,11-7-3)12-8-4;/h1-12H2;5-8H,1-4,9-12H2;. The Bertz CT molecular complexity index is 652. The lowest BCUT2D eigenvalue weighted by Crippen LogP contribution is -2.35. The summed E-state index contributed by atoms with van der Waals surface area (Å²) in [5.74, 6) is 0. The molecule has 0 nitrogen and oxygen atoms in total. The fraction of sp³-hybridized carbons (Fsp3) is 0.667. The maximum Gasteiger partial charge on any atom is 0.341 e. The van der Waals surface area contributed by atoms with E-state index in [0.29, 0.717) is 24.2 Å². The smallest absolute Gasteiger partial charge is 0.126 e.